The Morgan fingerprint density at radius 2 is 1.82 bits per heavy atom. The van der Waals surface area contributed by atoms with E-state index in [0.717, 1.165) is 6.42 Å². The Bertz CT molecular complexity index is 879. The Hall–Kier alpha value is -2.34. The Kier molecular flexibility index (Phi) is 4.11. The molecule has 0 aliphatic heterocycles. The standard InChI is InChI=1S/C22H22/c1-4-6-9-17(5-2)18-11-12-19-15-22-16(3)8-7-10-20(22)14-21(19)13-18/h5-15H,4H2,1-3H3/b9-6-,17-5+. The molecule has 0 aliphatic carbocycles. The molecule has 0 heterocycles. The van der Waals surface area contributed by atoms with Gasteiger partial charge in [0.2, 0.25) is 0 Å². The number of hydrogen-bond donors (Lipinski definition) is 0. The lowest BCUT2D eigenvalue weighted by Crippen LogP contribution is -1.84. The van der Waals surface area contributed by atoms with Crippen LogP contribution in [0.4, 0.5) is 0 Å². The molecule has 0 aromatic heterocycles. The Balaban J connectivity index is 2.17. The van der Waals surface area contributed by atoms with Gasteiger partial charge < -0.3 is 0 Å². The molecule has 0 saturated heterocycles. The van der Waals surface area contributed by atoms with Gasteiger partial charge in [-0.15, -0.1) is 0 Å². The molecule has 110 valence electrons. The van der Waals surface area contributed by atoms with Crippen molar-refractivity contribution in [3.63, 3.8) is 0 Å². The molecule has 0 heteroatoms. The van der Waals surface area contributed by atoms with E-state index in [-0.39, 0.29) is 0 Å². The molecular weight excluding hydrogens is 264 g/mol. The lowest BCUT2D eigenvalue weighted by Gasteiger charge is -2.08. The summed E-state index contributed by atoms with van der Waals surface area (Å²) in [6, 6.07) is 17.9. The maximum atomic E-state index is 2.31. The summed E-state index contributed by atoms with van der Waals surface area (Å²) in [5, 5.41) is 5.27. The predicted molar refractivity (Wildman–Crippen MR) is 99.3 cm³/mol. The smallest absolute Gasteiger partial charge is 0.0148 e. The van der Waals surface area contributed by atoms with Crippen LogP contribution < -0.4 is 0 Å². The number of rotatable bonds is 3. The molecule has 3 rings (SSSR count). The summed E-state index contributed by atoms with van der Waals surface area (Å²) in [6.07, 6.45) is 7.67. The van der Waals surface area contributed by atoms with Gasteiger partial charge in [0.1, 0.15) is 0 Å². The molecule has 22 heavy (non-hydrogen) atoms. The first-order valence-corrected chi connectivity index (χ1v) is 7.99. The van der Waals surface area contributed by atoms with Crippen LogP contribution in [0.5, 0.6) is 0 Å². The largest absolute Gasteiger partial charge is 0.0842 e. The van der Waals surface area contributed by atoms with Crippen molar-refractivity contribution in [3.8, 4) is 0 Å². The average Bonchev–Trinajstić information content (AvgIpc) is 2.54. The van der Waals surface area contributed by atoms with E-state index in [1.54, 1.807) is 0 Å². The van der Waals surface area contributed by atoms with Gasteiger partial charge in [0.05, 0.1) is 0 Å². The van der Waals surface area contributed by atoms with Gasteiger partial charge >= 0.3 is 0 Å². The Labute approximate surface area is 132 Å². The molecule has 3 aromatic carbocycles. The van der Waals surface area contributed by atoms with Gasteiger partial charge in [0.25, 0.3) is 0 Å². The second kappa shape index (κ2) is 6.19. The summed E-state index contributed by atoms with van der Waals surface area (Å²) in [4.78, 5) is 0. The van der Waals surface area contributed by atoms with Crippen molar-refractivity contribution in [2.75, 3.05) is 0 Å². The third-order valence-electron chi connectivity index (χ3n) is 4.23. The molecule has 0 amide bonds. The van der Waals surface area contributed by atoms with Crippen molar-refractivity contribution in [1.29, 1.82) is 0 Å². The summed E-state index contributed by atoms with van der Waals surface area (Å²) in [5.41, 5.74) is 3.91. The third kappa shape index (κ3) is 2.69. The van der Waals surface area contributed by atoms with E-state index >= 15 is 0 Å². The van der Waals surface area contributed by atoms with E-state index < -0.39 is 0 Å². The number of allylic oxidation sites excluding steroid dienone is 4. The fraction of sp³-hybridized carbons (Fsp3) is 0.182. The van der Waals surface area contributed by atoms with Crippen molar-refractivity contribution in [2.24, 2.45) is 0 Å². The first-order valence-electron chi connectivity index (χ1n) is 7.99. The van der Waals surface area contributed by atoms with Crippen LogP contribution in [0.3, 0.4) is 0 Å². The lowest BCUT2D eigenvalue weighted by atomic mass is 9.96. The van der Waals surface area contributed by atoms with E-state index in [2.05, 4.69) is 87.5 Å². The van der Waals surface area contributed by atoms with Crippen molar-refractivity contribution in [2.45, 2.75) is 27.2 Å². The average molecular weight is 286 g/mol. The fourth-order valence-electron chi connectivity index (χ4n) is 2.96. The van der Waals surface area contributed by atoms with Crippen LogP contribution in [0.15, 0.2) is 66.8 Å². The van der Waals surface area contributed by atoms with Crippen LogP contribution in [0.2, 0.25) is 0 Å². The van der Waals surface area contributed by atoms with Gasteiger partial charge in [0, 0.05) is 0 Å². The van der Waals surface area contributed by atoms with E-state index in [1.807, 2.05) is 0 Å². The van der Waals surface area contributed by atoms with Gasteiger partial charge in [-0.25, -0.2) is 0 Å². The molecule has 3 aromatic rings. The summed E-state index contributed by atoms with van der Waals surface area (Å²) < 4.78 is 0. The quantitative estimate of drug-likeness (QED) is 0.372. The topological polar surface area (TPSA) is 0 Å². The van der Waals surface area contributed by atoms with Crippen molar-refractivity contribution < 1.29 is 0 Å². The lowest BCUT2D eigenvalue weighted by molar-refractivity contribution is 1.22. The SMILES string of the molecule is C/C=C(\C=C/CC)c1ccc2cc3c(C)cccc3cc2c1. The molecule has 0 unspecified atom stereocenters. The van der Waals surface area contributed by atoms with E-state index in [4.69, 9.17) is 0 Å². The second-order valence-corrected chi connectivity index (χ2v) is 5.76. The van der Waals surface area contributed by atoms with Gasteiger partial charge in [-0.3, -0.25) is 0 Å². The molecule has 0 atom stereocenters. The number of hydrogen-bond acceptors (Lipinski definition) is 0. The van der Waals surface area contributed by atoms with E-state index in [1.165, 1.54) is 38.2 Å². The molecule has 0 N–H and O–H groups in total. The van der Waals surface area contributed by atoms with E-state index in [0.29, 0.717) is 0 Å². The minimum Gasteiger partial charge on any atom is -0.0842 e. The summed E-state index contributed by atoms with van der Waals surface area (Å²) in [5.74, 6) is 0. The van der Waals surface area contributed by atoms with Crippen LogP contribution >= 0.6 is 0 Å². The highest BCUT2D eigenvalue weighted by Gasteiger charge is 2.03. The van der Waals surface area contributed by atoms with Crippen molar-refractivity contribution in [3.05, 3.63) is 77.9 Å². The minimum atomic E-state index is 1.06. The maximum Gasteiger partial charge on any atom is -0.0148 e. The molecule has 0 spiro atoms. The minimum absolute atomic E-state index is 1.06. The number of fused-ring (bicyclic) bond motifs is 2. The normalized spacial score (nSPS) is 12.6. The van der Waals surface area contributed by atoms with Gasteiger partial charge in [0.15, 0.2) is 0 Å². The van der Waals surface area contributed by atoms with Gasteiger partial charge in [-0.05, 0) is 76.7 Å². The van der Waals surface area contributed by atoms with Gasteiger partial charge in [-0.2, -0.15) is 0 Å². The zero-order chi connectivity index (χ0) is 15.5. The first-order chi connectivity index (χ1) is 10.7. The zero-order valence-electron chi connectivity index (χ0n) is 13.6. The zero-order valence-corrected chi connectivity index (χ0v) is 13.6. The summed E-state index contributed by atoms with van der Waals surface area (Å²) in [6.45, 7) is 6.44. The first kappa shape index (κ1) is 14.6. The van der Waals surface area contributed by atoms with Crippen molar-refractivity contribution >= 4 is 27.1 Å². The maximum absolute atomic E-state index is 2.31. The van der Waals surface area contributed by atoms with Crippen LogP contribution in [0.25, 0.3) is 27.1 Å². The van der Waals surface area contributed by atoms with Crippen LogP contribution in [-0.4, -0.2) is 0 Å². The molecule has 0 bridgehead atoms. The molecule has 0 nitrogen and oxygen atoms in total. The molecule has 0 saturated carbocycles. The molecule has 0 aliphatic rings. The predicted octanol–water partition coefficient (Wildman–Crippen LogP) is 6.67. The van der Waals surface area contributed by atoms with E-state index in [9.17, 15) is 0 Å². The third-order valence-corrected chi connectivity index (χ3v) is 4.23. The molecular formula is C22H22. The Morgan fingerprint density at radius 3 is 2.59 bits per heavy atom. The van der Waals surface area contributed by atoms with Crippen LogP contribution in [-0.2, 0) is 0 Å². The monoisotopic (exact) mass is 286 g/mol. The molecule has 0 fully saturated rings. The number of aryl methyl sites for hydroxylation is 1. The van der Waals surface area contributed by atoms with Crippen molar-refractivity contribution in [1.82, 2.24) is 0 Å². The van der Waals surface area contributed by atoms with Crippen LogP contribution in [0, 0.1) is 6.92 Å². The number of benzene rings is 3. The fourth-order valence-corrected chi connectivity index (χ4v) is 2.96. The highest BCUT2D eigenvalue weighted by molar-refractivity contribution is 6.00. The summed E-state index contributed by atoms with van der Waals surface area (Å²) in [7, 11) is 0. The summed E-state index contributed by atoms with van der Waals surface area (Å²) >= 11 is 0. The second-order valence-electron chi connectivity index (χ2n) is 5.76. The van der Waals surface area contributed by atoms with Gasteiger partial charge in [-0.1, -0.05) is 55.5 Å². The Morgan fingerprint density at radius 1 is 0.955 bits per heavy atom. The highest BCUT2D eigenvalue weighted by atomic mass is 14.1. The highest BCUT2D eigenvalue weighted by Crippen LogP contribution is 2.28. The molecule has 0 radical (unpaired) electrons. The van der Waals surface area contributed by atoms with Crippen LogP contribution in [0.1, 0.15) is 31.4 Å².